The molecule has 2 unspecified atom stereocenters. The van der Waals surface area contributed by atoms with Crippen LogP contribution in [-0.4, -0.2) is 25.0 Å². The summed E-state index contributed by atoms with van der Waals surface area (Å²) in [4.78, 5) is 2.12. The molecule has 0 radical (unpaired) electrons. The molecule has 2 atom stereocenters. The van der Waals surface area contributed by atoms with E-state index in [4.69, 9.17) is 10.5 Å². The normalized spacial score (nSPS) is 22.0. The second-order valence-corrected chi connectivity index (χ2v) is 8.24. The minimum absolute atomic E-state index is 0.0476. The van der Waals surface area contributed by atoms with Crippen molar-refractivity contribution in [3.05, 3.63) is 88.6 Å². The Bertz CT molecular complexity index is 1180. The molecule has 32 heavy (non-hydrogen) atoms. The summed E-state index contributed by atoms with van der Waals surface area (Å²) in [7, 11) is 1.99. The largest absolute Gasteiger partial charge is 0.489 e. The zero-order valence-corrected chi connectivity index (χ0v) is 17.8. The van der Waals surface area contributed by atoms with Crippen molar-refractivity contribution in [1.29, 1.82) is 15.8 Å². The van der Waals surface area contributed by atoms with Crippen molar-refractivity contribution in [2.75, 3.05) is 20.1 Å². The molecular weight excluding hydrogens is 398 g/mol. The Morgan fingerprint density at radius 2 is 1.75 bits per heavy atom. The van der Waals surface area contributed by atoms with Crippen LogP contribution in [0.2, 0.25) is 0 Å². The van der Waals surface area contributed by atoms with Gasteiger partial charge in [0, 0.05) is 24.9 Å². The number of hydrogen-bond donors (Lipinski definition) is 1. The second-order valence-electron chi connectivity index (χ2n) is 8.24. The number of likely N-dealkylation sites (N-methyl/N-ethyl adjacent to an activating group) is 1. The first-order valence-corrected chi connectivity index (χ1v) is 10.4. The molecule has 2 aliphatic rings. The van der Waals surface area contributed by atoms with E-state index in [1.54, 1.807) is 0 Å². The number of nitrogens with two attached hydrogens (primary N) is 1. The fourth-order valence-corrected chi connectivity index (χ4v) is 4.71. The van der Waals surface area contributed by atoms with Crippen molar-refractivity contribution in [3.8, 4) is 24.0 Å². The average molecular weight is 422 g/mol. The van der Waals surface area contributed by atoms with E-state index in [2.05, 4.69) is 23.1 Å². The van der Waals surface area contributed by atoms with Gasteiger partial charge in [-0.3, -0.25) is 0 Å². The second kappa shape index (κ2) is 8.60. The maximum absolute atomic E-state index is 10.1. The molecule has 0 aromatic heterocycles. The monoisotopic (exact) mass is 421 g/mol. The number of hydrogen-bond acceptors (Lipinski definition) is 6. The van der Waals surface area contributed by atoms with Gasteiger partial charge in [-0.2, -0.15) is 15.8 Å². The molecule has 6 nitrogen and oxygen atoms in total. The third-order valence-electron chi connectivity index (χ3n) is 6.33. The van der Waals surface area contributed by atoms with E-state index in [1.165, 1.54) is 0 Å². The third kappa shape index (κ3) is 3.50. The highest BCUT2D eigenvalue weighted by Crippen LogP contribution is 2.54. The molecule has 1 heterocycles. The van der Waals surface area contributed by atoms with E-state index < -0.39 is 11.3 Å². The lowest BCUT2D eigenvalue weighted by Crippen LogP contribution is -2.47. The maximum Gasteiger partial charge on any atom is 0.191 e. The van der Waals surface area contributed by atoms with Gasteiger partial charge in [-0.15, -0.1) is 0 Å². The number of nitrogens with zero attached hydrogens (tertiary/aromatic N) is 4. The van der Waals surface area contributed by atoms with Crippen LogP contribution < -0.4 is 10.5 Å². The minimum atomic E-state index is -1.61. The van der Waals surface area contributed by atoms with Crippen molar-refractivity contribution in [2.45, 2.75) is 12.5 Å². The number of benzene rings is 2. The zero-order valence-electron chi connectivity index (χ0n) is 17.8. The Balaban J connectivity index is 1.72. The lowest BCUT2D eigenvalue weighted by atomic mass is 9.58. The van der Waals surface area contributed by atoms with Gasteiger partial charge in [0.1, 0.15) is 18.4 Å². The van der Waals surface area contributed by atoms with Crippen LogP contribution in [0, 0.1) is 45.3 Å². The molecule has 0 saturated heterocycles. The van der Waals surface area contributed by atoms with Crippen LogP contribution in [0.3, 0.4) is 0 Å². The van der Waals surface area contributed by atoms with Crippen LogP contribution in [0.1, 0.15) is 17.0 Å². The number of allylic oxidation sites excluding steroid dienone is 2. The first-order chi connectivity index (χ1) is 15.5. The summed E-state index contributed by atoms with van der Waals surface area (Å²) in [5, 5.41) is 30.0. The highest BCUT2D eigenvalue weighted by molar-refractivity contribution is 5.59. The van der Waals surface area contributed by atoms with Gasteiger partial charge < -0.3 is 15.4 Å². The van der Waals surface area contributed by atoms with E-state index in [0.29, 0.717) is 25.4 Å². The molecule has 2 aromatic carbocycles. The highest BCUT2D eigenvalue weighted by Gasteiger charge is 2.54. The van der Waals surface area contributed by atoms with Crippen molar-refractivity contribution < 1.29 is 4.74 Å². The van der Waals surface area contributed by atoms with Crippen LogP contribution in [0.5, 0.6) is 5.75 Å². The first-order valence-electron chi connectivity index (χ1n) is 10.4. The Labute approximate surface area is 188 Å². The summed E-state index contributed by atoms with van der Waals surface area (Å²) in [6.07, 6.45) is 1.99. The van der Waals surface area contributed by atoms with Crippen molar-refractivity contribution in [3.63, 3.8) is 0 Å². The molecular formula is C26H23N5O. The van der Waals surface area contributed by atoms with E-state index >= 15 is 0 Å². The van der Waals surface area contributed by atoms with E-state index in [0.717, 1.165) is 16.7 Å². The smallest absolute Gasteiger partial charge is 0.191 e. The molecule has 0 bridgehead atoms. The predicted molar refractivity (Wildman–Crippen MR) is 120 cm³/mol. The molecule has 0 fully saturated rings. The average Bonchev–Trinajstić information content (AvgIpc) is 2.83. The molecule has 0 spiro atoms. The Kier molecular flexibility index (Phi) is 5.69. The SMILES string of the molecule is CN1CC=C2C(C#N)=C(N)C(C#N)(C#N)C(c3ccc(OCc4ccccc4)cc3)C2C1. The number of nitriles is 3. The van der Waals surface area contributed by atoms with Gasteiger partial charge in [0.2, 0.25) is 0 Å². The molecule has 2 aromatic rings. The van der Waals surface area contributed by atoms with E-state index in [1.807, 2.05) is 67.7 Å². The minimum Gasteiger partial charge on any atom is -0.489 e. The number of fused-ring (bicyclic) bond motifs is 1. The number of ether oxygens (including phenoxy) is 1. The predicted octanol–water partition coefficient (Wildman–Crippen LogP) is 3.62. The topological polar surface area (TPSA) is 110 Å². The van der Waals surface area contributed by atoms with Gasteiger partial charge in [0.15, 0.2) is 5.41 Å². The lowest BCUT2D eigenvalue weighted by Gasteiger charge is -2.45. The summed E-state index contributed by atoms with van der Waals surface area (Å²) in [5.41, 5.74) is 7.76. The fourth-order valence-electron chi connectivity index (χ4n) is 4.71. The van der Waals surface area contributed by atoms with Crippen molar-refractivity contribution in [2.24, 2.45) is 17.1 Å². The molecule has 1 aliphatic heterocycles. The molecule has 158 valence electrons. The Morgan fingerprint density at radius 1 is 1.06 bits per heavy atom. The van der Waals surface area contributed by atoms with Crippen molar-refractivity contribution in [1.82, 2.24) is 4.90 Å². The summed E-state index contributed by atoms with van der Waals surface area (Å²) in [5.74, 6) is 0.0172. The van der Waals surface area contributed by atoms with Gasteiger partial charge in [0.05, 0.1) is 23.4 Å². The standard InChI is InChI=1S/C26H23N5O/c1-31-12-11-21-22(13-27)25(30)26(16-28,17-29)24(23(21)14-31)19-7-9-20(10-8-19)32-15-18-5-3-2-4-6-18/h2-11,23-24H,12,14-15,30H2,1H3. The summed E-state index contributed by atoms with van der Waals surface area (Å²) < 4.78 is 5.89. The van der Waals surface area contributed by atoms with Gasteiger partial charge in [-0.05, 0) is 35.9 Å². The van der Waals surface area contributed by atoms with Crippen LogP contribution in [-0.2, 0) is 6.61 Å². The Hall–Kier alpha value is -4.05. The molecule has 2 N–H and O–H groups in total. The fraction of sp³-hybridized carbons (Fsp3) is 0.269. The summed E-state index contributed by atoms with van der Waals surface area (Å²) in [6, 6.07) is 23.9. The van der Waals surface area contributed by atoms with Gasteiger partial charge in [-0.25, -0.2) is 0 Å². The molecule has 6 heteroatoms. The summed E-state index contributed by atoms with van der Waals surface area (Å²) in [6.45, 7) is 1.77. The lowest BCUT2D eigenvalue weighted by molar-refractivity contribution is 0.237. The Morgan fingerprint density at radius 3 is 2.38 bits per heavy atom. The molecule has 0 saturated carbocycles. The van der Waals surface area contributed by atoms with Gasteiger partial charge in [0.25, 0.3) is 0 Å². The van der Waals surface area contributed by atoms with Crippen molar-refractivity contribution >= 4 is 0 Å². The van der Waals surface area contributed by atoms with Crippen LogP contribution in [0.25, 0.3) is 0 Å². The molecule has 1 aliphatic carbocycles. The van der Waals surface area contributed by atoms with Crippen LogP contribution in [0.4, 0.5) is 0 Å². The summed E-state index contributed by atoms with van der Waals surface area (Å²) >= 11 is 0. The third-order valence-corrected chi connectivity index (χ3v) is 6.33. The first kappa shape index (κ1) is 21.2. The maximum atomic E-state index is 10.1. The van der Waals surface area contributed by atoms with Gasteiger partial charge in [-0.1, -0.05) is 48.5 Å². The van der Waals surface area contributed by atoms with Gasteiger partial charge >= 0.3 is 0 Å². The molecule has 4 rings (SSSR count). The highest BCUT2D eigenvalue weighted by atomic mass is 16.5. The molecule has 0 amide bonds. The van der Waals surface area contributed by atoms with Crippen LogP contribution in [0.15, 0.2) is 77.5 Å². The zero-order chi connectivity index (χ0) is 22.7. The van der Waals surface area contributed by atoms with Crippen LogP contribution >= 0.6 is 0 Å². The van der Waals surface area contributed by atoms with E-state index in [-0.39, 0.29) is 17.2 Å². The van der Waals surface area contributed by atoms with E-state index in [9.17, 15) is 15.8 Å². The quantitative estimate of drug-likeness (QED) is 0.807. The number of rotatable bonds is 4.